The summed E-state index contributed by atoms with van der Waals surface area (Å²) in [6.07, 6.45) is 2.39. The van der Waals surface area contributed by atoms with Gasteiger partial charge in [-0.1, -0.05) is 86.0 Å². The number of hydrogen-bond donors (Lipinski definition) is 0. The molecule has 0 nitrogen and oxygen atoms in total. The van der Waals surface area contributed by atoms with Crippen molar-refractivity contribution in [1.29, 1.82) is 0 Å². The Kier molecular flexibility index (Phi) is 4.74. The van der Waals surface area contributed by atoms with E-state index in [1.165, 1.54) is 25.8 Å². The van der Waals surface area contributed by atoms with Gasteiger partial charge in [0.05, 0.1) is 8.07 Å². The van der Waals surface area contributed by atoms with E-state index >= 15 is 0 Å². The Hall–Kier alpha value is -1.77. The first-order valence-corrected chi connectivity index (χ1v) is 12.3. The van der Waals surface area contributed by atoms with E-state index in [9.17, 15) is 0 Å². The molecule has 0 aliphatic heterocycles. The van der Waals surface area contributed by atoms with Gasteiger partial charge in [0.2, 0.25) is 0 Å². The fourth-order valence-electron chi connectivity index (χ4n) is 2.46. The summed E-state index contributed by atoms with van der Waals surface area (Å²) in [5.74, 6) is 0. The van der Waals surface area contributed by atoms with Crippen LogP contribution in [0.15, 0.2) is 82.2 Å². The molecule has 2 heteroatoms. The van der Waals surface area contributed by atoms with Crippen molar-refractivity contribution in [3.8, 4) is 0 Å². The van der Waals surface area contributed by atoms with Crippen LogP contribution in [0.3, 0.4) is 0 Å². The van der Waals surface area contributed by atoms with E-state index < -0.39 is 8.07 Å². The molecule has 0 saturated carbocycles. The lowest BCUT2D eigenvalue weighted by atomic mass is 10.1. The zero-order valence-electron chi connectivity index (χ0n) is 13.9. The average molecular weight is 335 g/mol. The Labute approximate surface area is 144 Å². The molecule has 0 N–H and O–H groups in total. The van der Waals surface area contributed by atoms with Crippen LogP contribution in [0.25, 0.3) is 16.8 Å². The van der Waals surface area contributed by atoms with E-state index in [4.69, 9.17) is 0 Å². The molecule has 0 atom stereocenters. The summed E-state index contributed by atoms with van der Waals surface area (Å²) < 4.78 is 1.51. The standard InChI is InChI=1S/C21H22SSi/c1-23(2,3)21(22-20-11-5-4-6-12-20)16-17-13-14-18-9-7-8-10-19(18)15-17/h4-16H,1-3H3/b21-16-. The zero-order valence-corrected chi connectivity index (χ0v) is 15.7. The molecule has 0 amide bonds. The summed E-state index contributed by atoms with van der Waals surface area (Å²) in [5.41, 5.74) is 1.30. The third-order valence-corrected chi connectivity index (χ3v) is 8.39. The second-order valence-electron chi connectivity index (χ2n) is 6.78. The van der Waals surface area contributed by atoms with Crippen molar-refractivity contribution in [2.75, 3.05) is 0 Å². The highest BCUT2D eigenvalue weighted by Gasteiger charge is 2.20. The molecule has 23 heavy (non-hydrogen) atoms. The van der Waals surface area contributed by atoms with Crippen molar-refractivity contribution in [3.05, 3.63) is 82.9 Å². The van der Waals surface area contributed by atoms with E-state index in [0.717, 1.165) is 0 Å². The van der Waals surface area contributed by atoms with Crippen molar-refractivity contribution in [2.24, 2.45) is 0 Å². The minimum atomic E-state index is -1.40. The van der Waals surface area contributed by atoms with Crippen LogP contribution in [0.5, 0.6) is 0 Å². The number of thioether (sulfide) groups is 1. The van der Waals surface area contributed by atoms with E-state index in [1.807, 2.05) is 11.8 Å². The second-order valence-corrected chi connectivity index (χ2v) is 13.3. The first-order valence-electron chi connectivity index (χ1n) is 7.96. The smallest absolute Gasteiger partial charge is 0.0862 e. The van der Waals surface area contributed by atoms with Gasteiger partial charge in [0, 0.05) is 4.90 Å². The normalized spacial score (nSPS) is 12.6. The minimum Gasteiger partial charge on any atom is -0.0991 e. The number of benzene rings is 3. The fourth-order valence-corrected chi connectivity index (χ4v) is 5.38. The SMILES string of the molecule is C[Si](C)(C)/C(=C\c1ccc2ccccc2c1)Sc1ccccc1. The third-order valence-electron chi connectivity index (χ3n) is 3.78. The number of fused-ring (bicyclic) bond motifs is 1. The van der Waals surface area contributed by atoms with Crippen molar-refractivity contribution < 1.29 is 0 Å². The minimum absolute atomic E-state index is 1.30. The van der Waals surface area contributed by atoms with Crippen LogP contribution < -0.4 is 0 Å². The second kappa shape index (κ2) is 6.77. The van der Waals surface area contributed by atoms with Crippen molar-refractivity contribution in [3.63, 3.8) is 0 Å². The lowest BCUT2D eigenvalue weighted by Crippen LogP contribution is -2.21. The molecule has 3 aromatic carbocycles. The molecule has 0 bridgehead atoms. The first-order chi connectivity index (χ1) is 11.0. The Morgan fingerprint density at radius 3 is 2.13 bits per heavy atom. The van der Waals surface area contributed by atoms with Gasteiger partial charge in [0.1, 0.15) is 0 Å². The molecule has 0 spiro atoms. The molecule has 116 valence electrons. The molecule has 0 saturated heterocycles. The van der Waals surface area contributed by atoms with Gasteiger partial charge >= 0.3 is 0 Å². The van der Waals surface area contributed by atoms with Crippen LogP contribution >= 0.6 is 11.8 Å². The molecule has 0 radical (unpaired) electrons. The predicted octanol–water partition coefficient (Wildman–Crippen LogP) is 6.85. The molecule has 3 rings (SSSR count). The van der Waals surface area contributed by atoms with E-state index in [1.54, 1.807) is 0 Å². The van der Waals surface area contributed by atoms with Gasteiger partial charge in [-0.2, -0.15) is 0 Å². The molecule has 0 heterocycles. The first kappa shape index (κ1) is 16.1. The van der Waals surface area contributed by atoms with Crippen LogP contribution in [0.4, 0.5) is 0 Å². The molecule has 0 fully saturated rings. The Morgan fingerprint density at radius 2 is 1.43 bits per heavy atom. The highest BCUT2D eigenvalue weighted by molar-refractivity contribution is 8.05. The summed E-state index contributed by atoms with van der Waals surface area (Å²) in [6.45, 7) is 7.24. The molecule has 0 aliphatic carbocycles. The largest absolute Gasteiger partial charge is 0.0991 e. The fraction of sp³-hybridized carbons (Fsp3) is 0.143. The van der Waals surface area contributed by atoms with Crippen LogP contribution in [0, 0.1) is 0 Å². The molecule has 0 aliphatic rings. The van der Waals surface area contributed by atoms with Gasteiger partial charge in [-0.05, 0) is 45.1 Å². The highest BCUT2D eigenvalue weighted by atomic mass is 32.2. The Morgan fingerprint density at radius 1 is 0.783 bits per heavy atom. The van der Waals surface area contributed by atoms with Gasteiger partial charge in [0.15, 0.2) is 0 Å². The molecule has 0 unspecified atom stereocenters. The van der Waals surface area contributed by atoms with Crippen LogP contribution in [-0.4, -0.2) is 8.07 Å². The summed E-state index contributed by atoms with van der Waals surface area (Å²) >= 11 is 1.92. The molecular weight excluding hydrogens is 312 g/mol. The maximum Gasteiger partial charge on any atom is 0.0862 e. The summed E-state index contributed by atoms with van der Waals surface area (Å²) in [6, 6.07) is 26.0. The van der Waals surface area contributed by atoms with E-state index in [-0.39, 0.29) is 0 Å². The monoisotopic (exact) mass is 334 g/mol. The Bertz CT molecular complexity index is 829. The lowest BCUT2D eigenvalue weighted by Gasteiger charge is -2.20. The quantitative estimate of drug-likeness (QED) is 0.371. The maximum atomic E-state index is 2.41. The van der Waals surface area contributed by atoms with Crippen LogP contribution in [0.1, 0.15) is 5.56 Å². The van der Waals surface area contributed by atoms with Gasteiger partial charge in [0.25, 0.3) is 0 Å². The van der Waals surface area contributed by atoms with Crippen molar-refractivity contribution in [1.82, 2.24) is 0 Å². The maximum absolute atomic E-state index is 2.41. The van der Waals surface area contributed by atoms with Gasteiger partial charge in [-0.15, -0.1) is 0 Å². The van der Waals surface area contributed by atoms with E-state index in [2.05, 4.69) is 98.5 Å². The molecular formula is C21H22SSi. The molecule has 3 aromatic rings. The topological polar surface area (TPSA) is 0 Å². The zero-order chi connectivity index (χ0) is 16.3. The number of hydrogen-bond acceptors (Lipinski definition) is 1. The van der Waals surface area contributed by atoms with Crippen molar-refractivity contribution >= 4 is 36.7 Å². The van der Waals surface area contributed by atoms with Crippen LogP contribution in [0.2, 0.25) is 19.6 Å². The lowest BCUT2D eigenvalue weighted by molar-refractivity contribution is 1.47. The third kappa shape index (κ3) is 4.15. The van der Waals surface area contributed by atoms with Gasteiger partial charge in [-0.3, -0.25) is 0 Å². The highest BCUT2D eigenvalue weighted by Crippen LogP contribution is 2.35. The predicted molar refractivity (Wildman–Crippen MR) is 108 cm³/mol. The van der Waals surface area contributed by atoms with Gasteiger partial charge in [-0.25, -0.2) is 0 Å². The van der Waals surface area contributed by atoms with Gasteiger partial charge < -0.3 is 0 Å². The summed E-state index contributed by atoms with van der Waals surface area (Å²) in [5, 5.41) is 2.61. The summed E-state index contributed by atoms with van der Waals surface area (Å²) in [7, 11) is -1.40. The summed E-state index contributed by atoms with van der Waals surface area (Å²) in [4.78, 5) is 1.32. The van der Waals surface area contributed by atoms with Crippen molar-refractivity contribution in [2.45, 2.75) is 24.5 Å². The van der Waals surface area contributed by atoms with E-state index in [0.29, 0.717) is 0 Å². The average Bonchev–Trinajstić information content (AvgIpc) is 2.54. The Balaban J connectivity index is 1.99. The molecule has 0 aromatic heterocycles. The number of rotatable bonds is 4. The van der Waals surface area contributed by atoms with Crippen LogP contribution in [-0.2, 0) is 0 Å².